The number of nitrogens with one attached hydrogen (secondary N) is 2. The maximum absolute atomic E-state index is 11.9. The van der Waals surface area contributed by atoms with Gasteiger partial charge in [-0.05, 0) is 43.4 Å². The number of amides is 1. The summed E-state index contributed by atoms with van der Waals surface area (Å²) < 4.78 is 0. The number of carbonyl (C=O) groups excluding carboxylic acids is 1. The Hall–Kier alpha value is -0.570. The van der Waals surface area contributed by atoms with E-state index in [1.165, 1.54) is 6.42 Å². The first-order chi connectivity index (χ1) is 8.65. The maximum Gasteiger partial charge on any atom is 0.236 e. The Morgan fingerprint density at radius 3 is 2.21 bits per heavy atom. The van der Waals surface area contributed by atoms with Crippen molar-refractivity contribution >= 4 is 5.91 Å². The monoisotopic (exact) mass is 268 g/mol. The summed E-state index contributed by atoms with van der Waals surface area (Å²) in [6.07, 6.45) is 4.56. The van der Waals surface area contributed by atoms with Crippen LogP contribution in [0.15, 0.2) is 0 Å². The third kappa shape index (κ3) is 5.52. The molecule has 0 spiro atoms. The highest BCUT2D eigenvalue weighted by Crippen LogP contribution is 2.45. The van der Waals surface area contributed by atoms with Gasteiger partial charge in [-0.3, -0.25) is 4.79 Å². The molecule has 1 aliphatic rings. The van der Waals surface area contributed by atoms with E-state index >= 15 is 0 Å². The summed E-state index contributed by atoms with van der Waals surface area (Å²) >= 11 is 0. The largest absolute Gasteiger partial charge is 0.355 e. The van der Waals surface area contributed by atoms with Crippen LogP contribution in [0.25, 0.3) is 0 Å². The molecule has 19 heavy (non-hydrogen) atoms. The van der Waals surface area contributed by atoms with E-state index in [0.29, 0.717) is 16.9 Å². The first-order valence-corrected chi connectivity index (χ1v) is 7.69. The topological polar surface area (TPSA) is 41.1 Å². The van der Waals surface area contributed by atoms with Crippen LogP contribution in [-0.4, -0.2) is 24.5 Å². The molecule has 3 heteroatoms. The Bertz CT molecular complexity index is 294. The lowest BCUT2D eigenvalue weighted by Crippen LogP contribution is -2.51. The molecule has 0 radical (unpaired) electrons. The Balaban J connectivity index is 2.54. The lowest BCUT2D eigenvalue weighted by atomic mass is 9.63. The summed E-state index contributed by atoms with van der Waals surface area (Å²) in [5.74, 6) is 0.128. The van der Waals surface area contributed by atoms with Gasteiger partial charge in [0, 0.05) is 12.6 Å². The summed E-state index contributed by atoms with van der Waals surface area (Å²) in [5, 5.41) is 6.49. The highest BCUT2D eigenvalue weighted by molar-refractivity contribution is 5.81. The molecular formula is C16H32N2O. The number of rotatable bonds is 5. The number of hydrogen-bond donors (Lipinski definition) is 2. The van der Waals surface area contributed by atoms with Crippen molar-refractivity contribution in [1.29, 1.82) is 0 Å². The van der Waals surface area contributed by atoms with Crippen molar-refractivity contribution < 1.29 is 4.79 Å². The summed E-state index contributed by atoms with van der Waals surface area (Å²) in [6.45, 7) is 14.2. The molecule has 3 nitrogen and oxygen atoms in total. The normalized spacial score (nSPS) is 23.9. The zero-order valence-corrected chi connectivity index (χ0v) is 13.6. The minimum absolute atomic E-state index is 0.0961. The van der Waals surface area contributed by atoms with Crippen LogP contribution >= 0.6 is 0 Å². The second kappa shape index (κ2) is 6.25. The number of hydrogen-bond acceptors (Lipinski definition) is 2. The van der Waals surface area contributed by atoms with Gasteiger partial charge in [0.05, 0.1) is 6.04 Å². The van der Waals surface area contributed by atoms with Crippen LogP contribution in [0.2, 0.25) is 0 Å². The fraction of sp³-hybridized carbons (Fsp3) is 0.938. The van der Waals surface area contributed by atoms with E-state index in [4.69, 9.17) is 0 Å². The van der Waals surface area contributed by atoms with Gasteiger partial charge in [-0.2, -0.15) is 0 Å². The molecule has 1 rings (SSSR count). The van der Waals surface area contributed by atoms with Crippen LogP contribution in [-0.2, 0) is 4.79 Å². The maximum atomic E-state index is 11.9. The van der Waals surface area contributed by atoms with Crippen molar-refractivity contribution in [3.8, 4) is 0 Å². The van der Waals surface area contributed by atoms with Crippen molar-refractivity contribution in [3.63, 3.8) is 0 Å². The van der Waals surface area contributed by atoms with Crippen LogP contribution in [0.3, 0.4) is 0 Å². The van der Waals surface area contributed by atoms with Gasteiger partial charge >= 0.3 is 0 Å². The summed E-state index contributed by atoms with van der Waals surface area (Å²) in [4.78, 5) is 11.9. The Morgan fingerprint density at radius 1 is 1.21 bits per heavy atom. The minimum Gasteiger partial charge on any atom is -0.355 e. The predicted octanol–water partition coefficient (Wildman–Crippen LogP) is 3.10. The molecule has 1 atom stereocenters. The second-order valence-corrected chi connectivity index (χ2v) is 7.79. The average molecular weight is 268 g/mol. The van der Waals surface area contributed by atoms with Gasteiger partial charge in [0.1, 0.15) is 0 Å². The molecule has 1 unspecified atom stereocenters. The van der Waals surface area contributed by atoms with Gasteiger partial charge in [0.25, 0.3) is 0 Å². The molecule has 1 saturated carbocycles. The summed E-state index contributed by atoms with van der Waals surface area (Å²) in [7, 11) is 0. The van der Waals surface area contributed by atoms with Crippen LogP contribution in [0, 0.1) is 10.8 Å². The van der Waals surface area contributed by atoms with Gasteiger partial charge in [-0.15, -0.1) is 0 Å². The lowest BCUT2D eigenvalue weighted by molar-refractivity contribution is -0.123. The van der Waals surface area contributed by atoms with E-state index in [-0.39, 0.29) is 11.9 Å². The molecule has 0 heterocycles. The first-order valence-electron chi connectivity index (χ1n) is 7.69. The van der Waals surface area contributed by atoms with Crippen molar-refractivity contribution in [3.05, 3.63) is 0 Å². The molecule has 0 bridgehead atoms. The van der Waals surface area contributed by atoms with Crippen molar-refractivity contribution in [2.24, 2.45) is 10.8 Å². The molecule has 112 valence electrons. The molecule has 0 aromatic rings. The van der Waals surface area contributed by atoms with E-state index in [1.807, 2.05) is 6.92 Å². The Morgan fingerprint density at radius 2 is 1.74 bits per heavy atom. The van der Waals surface area contributed by atoms with Crippen molar-refractivity contribution in [2.45, 2.75) is 79.3 Å². The zero-order valence-electron chi connectivity index (χ0n) is 13.6. The van der Waals surface area contributed by atoms with Crippen molar-refractivity contribution in [1.82, 2.24) is 10.6 Å². The molecule has 1 fully saturated rings. The highest BCUT2D eigenvalue weighted by Gasteiger charge is 2.38. The average Bonchev–Trinajstić information content (AvgIpc) is 2.20. The minimum atomic E-state index is -0.0961. The second-order valence-electron chi connectivity index (χ2n) is 7.79. The third-order valence-electron chi connectivity index (χ3n) is 3.98. The Labute approximate surface area is 118 Å². The fourth-order valence-electron chi connectivity index (χ4n) is 3.79. The molecule has 1 aliphatic carbocycles. The lowest BCUT2D eigenvalue weighted by Gasteiger charge is -2.45. The quantitative estimate of drug-likeness (QED) is 0.804. The number of carbonyl (C=O) groups is 1. The smallest absolute Gasteiger partial charge is 0.236 e. The van der Waals surface area contributed by atoms with E-state index < -0.39 is 0 Å². The van der Waals surface area contributed by atoms with Gasteiger partial charge in [-0.1, -0.05) is 34.6 Å². The Kier molecular flexibility index (Phi) is 5.43. The first kappa shape index (κ1) is 16.5. The van der Waals surface area contributed by atoms with Crippen molar-refractivity contribution in [2.75, 3.05) is 6.54 Å². The van der Waals surface area contributed by atoms with Gasteiger partial charge in [-0.25, -0.2) is 0 Å². The van der Waals surface area contributed by atoms with E-state index in [0.717, 1.165) is 25.8 Å². The molecule has 2 N–H and O–H groups in total. The van der Waals surface area contributed by atoms with Gasteiger partial charge in [0.2, 0.25) is 5.91 Å². The SMILES string of the molecule is CCCNC(=O)C(C)NC1CC(C)(C)CC(C)(C)C1. The molecule has 0 aromatic carbocycles. The van der Waals surface area contributed by atoms with Crippen LogP contribution in [0.4, 0.5) is 0 Å². The van der Waals surface area contributed by atoms with Gasteiger partial charge in [0.15, 0.2) is 0 Å². The fourth-order valence-corrected chi connectivity index (χ4v) is 3.79. The summed E-state index contributed by atoms with van der Waals surface area (Å²) in [5.41, 5.74) is 0.720. The third-order valence-corrected chi connectivity index (χ3v) is 3.98. The predicted molar refractivity (Wildman–Crippen MR) is 81.1 cm³/mol. The molecule has 0 aliphatic heterocycles. The molecule has 1 amide bonds. The molecule has 0 saturated heterocycles. The van der Waals surface area contributed by atoms with Crippen LogP contribution in [0.5, 0.6) is 0 Å². The van der Waals surface area contributed by atoms with E-state index in [9.17, 15) is 4.79 Å². The van der Waals surface area contributed by atoms with E-state index in [1.54, 1.807) is 0 Å². The molecular weight excluding hydrogens is 236 g/mol. The van der Waals surface area contributed by atoms with Crippen LogP contribution < -0.4 is 10.6 Å². The zero-order chi connectivity index (χ0) is 14.7. The van der Waals surface area contributed by atoms with Crippen LogP contribution in [0.1, 0.15) is 67.2 Å². The van der Waals surface area contributed by atoms with E-state index in [2.05, 4.69) is 45.3 Å². The highest BCUT2D eigenvalue weighted by atomic mass is 16.2. The molecule has 0 aromatic heterocycles. The van der Waals surface area contributed by atoms with Gasteiger partial charge < -0.3 is 10.6 Å². The summed E-state index contributed by atoms with van der Waals surface area (Å²) in [6, 6.07) is 0.349. The standard InChI is InChI=1S/C16H32N2O/c1-7-8-17-14(19)12(2)18-13-9-15(3,4)11-16(5,6)10-13/h12-13,18H,7-11H2,1-6H3,(H,17,19).